The molecular weight excluding hydrogens is 184 g/mol. The van der Waals surface area contributed by atoms with E-state index < -0.39 is 11.6 Å². The molecule has 0 aliphatic carbocycles. The maximum absolute atomic E-state index is 11.3. The molecule has 14 heavy (non-hydrogen) atoms. The molecule has 3 N–H and O–H groups in total. The van der Waals surface area contributed by atoms with Crippen LogP contribution in [0.1, 0.15) is 6.42 Å². The van der Waals surface area contributed by atoms with Crippen molar-refractivity contribution < 1.29 is 14.6 Å². The van der Waals surface area contributed by atoms with Gasteiger partial charge in [0.2, 0.25) is 0 Å². The minimum Gasteiger partial charge on any atom is -0.445 e. The molecule has 1 rings (SSSR count). The third kappa shape index (κ3) is 2.46. The lowest BCUT2D eigenvalue weighted by Crippen LogP contribution is -2.47. The van der Waals surface area contributed by atoms with Gasteiger partial charge in [0, 0.05) is 13.1 Å². The summed E-state index contributed by atoms with van der Waals surface area (Å²) in [6.45, 7) is 4.41. The van der Waals surface area contributed by atoms with Crippen molar-refractivity contribution in [2.75, 3.05) is 26.3 Å². The summed E-state index contributed by atoms with van der Waals surface area (Å²) in [6, 6.07) is 0. The molecule has 1 fully saturated rings. The first kappa shape index (κ1) is 11.0. The summed E-state index contributed by atoms with van der Waals surface area (Å²) in [5.41, 5.74) is 5.14. The van der Waals surface area contributed by atoms with Crippen LogP contribution in [0.5, 0.6) is 0 Å². The molecular formula is C9H16N2O3. The summed E-state index contributed by atoms with van der Waals surface area (Å²) in [5, 5.41) is 8.98. The highest BCUT2D eigenvalue weighted by atomic mass is 16.6. The van der Waals surface area contributed by atoms with Crippen molar-refractivity contribution in [2.45, 2.75) is 12.0 Å². The van der Waals surface area contributed by atoms with Gasteiger partial charge in [-0.2, -0.15) is 0 Å². The van der Waals surface area contributed by atoms with Crippen molar-refractivity contribution in [3.63, 3.8) is 0 Å². The van der Waals surface area contributed by atoms with Crippen LogP contribution in [-0.2, 0) is 4.74 Å². The average Bonchev–Trinajstić information content (AvgIpc) is 2.58. The van der Waals surface area contributed by atoms with E-state index in [9.17, 15) is 4.79 Å². The first-order valence-electron chi connectivity index (χ1n) is 4.54. The molecule has 0 spiro atoms. The second-order valence-electron chi connectivity index (χ2n) is 3.56. The lowest BCUT2D eigenvalue weighted by molar-refractivity contribution is 0.116. The van der Waals surface area contributed by atoms with E-state index in [1.165, 1.54) is 11.0 Å². The smallest absolute Gasteiger partial charge is 0.410 e. The van der Waals surface area contributed by atoms with Gasteiger partial charge >= 0.3 is 6.09 Å². The van der Waals surface area contributed by atoms with Crippen LogP contribution in [0.15, 0.2) is 12.7 Å². The third-order valence-electron chi connectivity index (χ3n) is 2.28. The Hall–Kier alpha value is -1.07. The van der Waals surface area contributed by atoms with Crippen LogP contribution in [0.2, 0.25) is 0 Å². The van der Waals surface area contributed by atoms with Gasteiger partial charge in [-0.3, -0.25) is 0 Å². The van der Waals surface area contributed by atoms with E-state index in [2.05, 4.69) is 6.58 Å². The average molecular weight is 200 g/mol. The number of nitrogens with zero attached hydrogens (tertiary/aromatic N) is 1. The number of hydrogen-bond donors (Lipinski definition) is 2. The summed E-state index contributed by atoms with van der Waals surface area (Å²) in [6.07, 6.45) is 1.72. The number of hydrogen-bond acceptors (Lipinski definition) is 4. The molecule has 1 aliphatic rings. The molecule has 0 aromatic carbocycles. The van der Waals surface area contributed by atoms with Gasteiger partial charge in [-0.15, -0.1) is 0 Å². The number of aliphatic hydroxyl groups is 1. The molecule has 1 aliphatic heterocycles. The quantitative estimate of drug-likeness (QED) is 0.613. The number of carbonyl (C=O) groups excluding carboxylic acids is 1. The standard InChI is InChI=1S/C9H16N2O3/c1-2-5-14-8(13)11-4-3-9(10,6-11)7-12/h2,12H,1,3-7,10H2. The Morgan fingerprint density at radius 3 is 3.00 bits per heavy atom. The fourth-order valence-corrected chi connectivity index (χ4v) is 1.40. The number of ether oxygens (including phenoxy) is 1. The number of amides is 1. The molecule has 5 heteroatoms. The highest BCUT2D eigenvalue weighted by molar-refractivity contribution is 5.68. The zero-order valence-electron chi connectivity index (χ0n) is 8.11. The number of likely N-dealkylation sites (tertiary alicyclic amines) is 1. The molecule has 1 unspecified atom stereocenters. The normalized spacial score (nSPS) is 26.3. The van der Waals surface area contributed by atoms with Gasteiger partial charge in [0.1, 0.15) is 6.61 Å². The third-order valence-corrected chi connectivity index (χ3v) is 2.28. The Bertz CT molecular complexity index is 232. The molecule has 1 saturated heterocycles. The molecule has 5 nitrogen and oxygen atoms in total. The topological polar surface area (TPSA) is 75.8 Å². The van der Waals surface area contributed by atoms with Crippen molar-refractivity contribution in [3.8, 4) is 0 Å². The van der Waals surface area contributed by atoms with E-state index in [-0.39, 0.29) is 13.2 Å². The predicted molar refractivity (Wildman–Crippen MR) is 51.7 cm³/mol. The monoisotopic (exact) mass is 200 g/mol. The SMILES string of the molecule is C=CCOC(=O)N1CCC(N)(CO)C1. The van der Waals surface area contributed by atoms with Crippen LogP contribution in [0.25, 0.3) is 0 Å². The van der Waals surface area contributed by atoms with Gasteiger partial charge in [-0.1, -0.05) is 12.7 Å². The fraction of sp³-hybridized carbons (Fsp3) is 0.667. The minimum absolute atomic E-state index is 0.113. The van der Waals surface area contributed by atoms with E-state index >= 15 is 0 Å². The molecule has 0 radical (unpaired) electrons. The second kappa shape index (κ2) is 4.43. The van der Waals surface area contributed by atoms with Crippen LogP contribution in [0.4, 0.5) is 4.79 Å². The van der Waals surface area contributed by atoms with E-state index in [0.717, 1.165) is 0 Å². The molecule has 1 amide bonds. The summed E-state index contributed by atoms with van der Waals surface area (Å²) >= 11 is 0. The van der Waals surface area contributed by atoms with Crippen molar-refractivity contribution in [3.05, 3.63) is 12.7 Å². The van der Waals surface area contributed by atoms with E-state index in [1.54, 1.807) is 0 Å². The van der Waals surface area contributed by atoms with Gasteiger partial charge in [0.05, 0.1) is 12.1 Å². The number of aliphatic hydroxyl groups excluding tert-OH is 1. The molecule has 1 atom stereocenters. The predicted octanol–water partition coefficient (Wildman–Crippen LogP) is -0.295. The van der Waals surface area contributed by atoms with Crippen LogP contribution in [0, 0.1) is 0 Å². The maximum atomic E-state index is 11.3. The van der Waals surface area contributed by atoms with Crippen molar-refractivity contribution in [1.29, 1.82) is 0 Å². The van der Waals surface area contributed by atoms with Crippen molar-refractivity contribution >= 4 is 6.09 Å². The molecule has 1 heterocycles. The van der Waals surface area contributed by atoms with Crippen molar-refractivity contribution in [1.82, 2.24) is 4.90 Å². The van der Waals surface area contributed by atoms with Crippen molar-refractivity contribution in [2.24, 2.45) is 5.73 Å². The molecule has 0 bridgehead atoms. The summed E-state index contributed by atoms with van der Waals surface area (Å²) in [5.74, 6) is 0. The van der Waals surface area contributed by atoms with E-state index in [0.29, 0.717) is 19.5 Å². The van der Waals surface area contributed by atoms with E-state index in [1.807, 2.05) is 0 Å². The molecule has 0 aromatic rings. The Morgan fingerprint density at radius 1 is 1.79 bits per heavy atom. The van der Waals surface area contributed by atoms with Gasteiger partial charge in [-0.25, -0.2) is 4.79 Å². The zero-order chi connectivity index (χ0) is 10.6. The molecule has 0 saturated carbocycles. The highest BCUT2D eigenvalue weighted by Gasteiger charge is 2.36. The van der Waals surface area contributed by atoms with Gasteiger partial charge in [-0.05, 0) is 6.42 Å². The lowest BCUT2D eigenvalue weighted by atomic mass is 10.0. The highest BCUT2D eigenvalue weighted by Crippen LogP contribution is 2.18. The van der Waals surface area contributed by atoms with Gasteiger partial charge in [0.25, 0.3) is 0 Å². The summed E-state index contributed by atoms with van der Waals surface area (Å²) < 4.78 is 4.84. The van der Waals surface area contributed by atoms with Crippen LogP contribution < -0.4 is 5.73 Å². The lowest BCUT2D eigenvalue weighted by Gasteiger charge is -2.21. The second-order valence-corrected chi connectivity index (χ2v) is 3.56. The van der Waals surface area contributed by atoms with Crippen LogP contribution >= 0.6 is 0 Å². The van der Waals surface area contributed by atoms with Gasteiger partial charge in [0.15, 0.2) is 0 Å². The minimum atomic E-state index is -0.660. The number of rotatable bonds is 3. The first-order valence-corrected chi connectivity index (χ1v) is 4.54. The summed E-state index contributed by atoms with van der Waals surface area (Å²) in [7, 11) is 0. The van der Waals surface area contributed by atoms with Crippen LogP contribution in [-0.4, -0.2) is 47.9 Å². The number of carbonyl (C=O) groups is 1. The Morgan fingerprint density at radius 2 is 2.50 bits per heavy atom. The van der Waals surface area contributed by atoms with E-state index in [4.69, 9.17) is 15.6 Å². The Labute approximate surface area is 83.1 Å². The maximum Gasteiger partial charge on any atom is 0.410 e. The zero-order valence-corrected chi connectivity index (χ0v) is 8.11. The first-order chi connectivity index (χ1) is 6.61. The summed E-state index contributed by atoms with van der Waals surface area (Å²) in [4.78, 5) is 12.8. The molecule has 80 valence electrons. The van der Waals surface area contributed by atoms with Gasteiger partial charge < -0.3 is 20.5 Å². The largest absolute Gasteiger partial charge is 0.445 e. The molecule has 0 aromatic heterocycles. The van der Waals surface area contributed by atoms with Crippen LogP contribution in [0.3, 0.4) is 0 Å². The Balaban J connectivity index is 2.41. The number of nitrogens with two attached hydrogens (primary N) is 1. The Kier molecular flexibility index (Phi) is 3.49. The fourth-order valence-electron chi connectivity index (χ4n) is 1.40.